The number of hydrogen-bond donors (Lipinski definition) is 1. The summed E-state index contributed by atoms with van der Waals surface area (Å²) in [5.74, 6) is -3.11. The molecule has 1 fully saturated rings. The molecular weight excluding hydrogens is 266 g/mol. The number of carboxylic acids is 1. The van der Waals surface area contributed by atoms with Gasteiger partial charge in [-0.05, 0) is 11.4 Å². The number of ether oxygens (including phenoxy) is 1. The van der Waals surface area contributed by atoms with E-state index in [1.54, 1.807) is 23.5 Å². The second-order valence-corrected chi connectivity index (χ2v) is 5.65. The Morgan fingerprint density at radius 1 is 1.32 bits per heavy atom. The molecule has 0 aromatic carbocycles. The van der Waals surface area contributed by atoms with E-state index in [0.29, 0.717) is 6.54 Å². The number of rotatable bonds is 4. The van der Waals surface area contributed by atoms with Gasteiger partial charge < -0.3 is 20.0 Å². The van der Waals surface area contributed by atoms with E-state index in [2.05, 4.69) is 5.32 Å². The lowest BCUT2D eigenvalue weighted by atomic mass is 9.82. The van der Waals surface area contributed by atoms with Crippen molar-refractivity contribution in [1.29, 1.82) is 0 Å². The number of amides is 1. The summed E-state index contributed by atoms with van der Waals surface area (Å²) in [5.41, 5.74) is 0. The van der Waals surface area contributed by atoms with Gasteiger partial charge >= 0.3 is 0 Å². The first kappa shape index (κ1) is 12.4. The Hall–Kier alpha value is -1.66. The molecule has 0 aliphatic carbocycles. The van der Waals surface area contributed by atoms with E-state index in [1.165, 1.54) is 0 Å². The molecule has 0 saturated carbocycles. The highest BCUT2D eigenvalue weighted by Gasteiger charge is 2.50. The lowest BCUT2D eigenvalue weighted by molar-refractivity contribution is -0.313. The molecule has 2 bridgehead atoms. The second kappa shape index (κ2) is 4.79. The van der Waals surface area contributed by atoms with Crippen molar-refractivity contribution >= 4 is 23.2 Å². The third-order valence-electron chi connectivity index (χ3n) is 3.49. The molecule has 0 unspecified atom stereocenters. The van der Waals surface area contributed by atoms with E-state index in [0.717, 1.165) is 4.88 Å². The standard InChI is InChI=1S/C13H13NO4S/c15-12(14-6-7-2-1-5-19-7)10-8-3-4-9(18-8)11(10)13(16)17/h1-5,8-11H,6H2,(H,14,15)(H,16,17)/p-1/t8-,9+,10-,11-/m0/s1. The predicted octanol–water partition coefficient (Wildman–Crippen LogP) is -0.316. The third kappa shape index (κ3) is 2.17. The zero-order valence-corrected chi connectivity index (χ0v) is 10.8. The number of carboxylic acid groups (broad SMARTS) is 1. The second-order valence-electron chi connectivity index (χ2n) is 4.62. The Morgan fingerprint density at radius 2 is 2.05 bits per heavy atom. The maximum Gasteiger partial charge on any atom is 0.227 e. The van der Waals surface area contributed by atoms with Crippen LogP contribution >= 0.6 is 11.3 Å². The van der Waals surface area contributed by atoms with Gasteiger partial charge in [-0.3, -0.25) is 4.79 Å². The molecule has 2 aliphatic rings. The van der Waals surface area contributed by atoms with Crippen molar-refractivity contribution in [2.45, 2.75) is 18.8 Å². The summed E-state index contributed by atoms with van der Waals surface area (Å²) in [6.45, 7) is 0.411. The summed E-state index contributed by atoms with van der Waals surface area (Å²) in [6, 6.07) is 3.82. The van der Waals surface area contributed by atoms with E-state index >= 15 is 0 Å². The molecule has 3 rings (SSSR count). The van der Waals surface area contributed by atoms with Crippen molar-refractivity contribution in [2.75, 3.05) is 0 Å². The Balaban J connectivity index is 1.68. The SMILES string of the molecule is O=C(NCc1cccs1)[C@@H]1[C@@H](C(=O)[O-])[C@H]2C=C[C@@H]1O2. The molecule has 3 heterocycles. The molecular formula is C13H12NO4S-. The third-order valence-corrected chi connectivity index (χ3v) is 4.37. The number of nitrogens with one attached hydrogen (secondary N) is 1. The summed E-state index contributed by atoms with van der Waals surface area (Å²) < 4.78 is 5.43. The van der Waals surface area contributed by atoms with Gasteiger partial charge in [-0.25, -0.2) is 0 Å². The van der Waals surface area contributed by atoms with Crippen LogP contribution in [0.1, 0.15) is 4.88 Å². The average molecular weight is 278 g/mol. The van der Waals surface area contributed by atoms with Crippen molar-refractivity contribution < 1.29 is 19.4 Å². The fourth-order valence-corrected chi connectivity index (χ4v) is 3.25. The first-order valence-corrected chi connectivity index (χ1v) is 6.89. The molecule has 0 radical (unpaired) electrons. The first-order chi connectivity index (χ1) is 9.16. The van der Waals surface area contributed by atoms with Crippen LogP contribution in [0.4, 0.5) is 0 Å². The Kier molecular flexibility index (Phi) is 3.12. The molecule has 19 heavy (non-hydrogen) atoms. The number of thiophene rings is 1. The van der Waals surface area contributed by atoms with Crippen LogP contribution in [-0.2, 0) is 20.9 Å². The predicted molar refractivity (Wildman–Crippen MR) is 66.0 cm³/mol. The zero-order valence-electron chi connectivity index (χ0n) is 9.94. The minimum atomic E-state index is -1.23. The van der Waals surface area contributed by atoms with Crippen LogP contribution in [0.25, 0.3) is 0 Å². The van der Waals surface area contributed by atoms with Crippen molar-refractivity contribution in [3.63, 3.8) is 0 Å². The zero-order chi connectivity index (χ0) is 13.4. The van der Waals surface area contributed by atoms with Crippen LogP contribution in [0, 0.1) is 11.8 Å². The molecule has 4 atom stereocenters. The van der Waals surface area contributed by atoms with Crippen LogP contribution in [-0.4, -0.2) is 24.1 Å². The van der Waals surface area contributed by atoms with Gasteiger partial charge in [-0.1, -0.05) is 18.2 Å². The van der Waals surface area contributed by atoms with Crippen molar-refractivity contribution in [1.82, 2.24) is 5.32 Å². The topological polar surface area (TPSA) is 78.5 Å². The van der Waals surface area contributed by atoms with E-state index in [1.807, 2.05) is 17.5 Å². The maximum absolute atomic E-state index is 12.1. The summed E-state index contributed by atoms with van der Waals surface area (Å²) in [6.07, 6.45) is 2.46. The highest BCUT2D eigenvalue weighted by Crippen LogP contribution is 2.38. The summed E-state index contributed by atoms with van der Waals surface area (Å²) >= 11 is 1.54. The lowest BCUT2D eigenvalue weighted by Crippen LogP contribution is -2.46. The quantitative estimate of drug-likeness (QED) is 0.766. The summed E-state index contributed by atoms with van der Waals surface area (Å²) in [5, 5.41) is 15.8. The number of hydrogen-bond acceptors (Lipinski definition) is 5. The van der Waals surface area contributed by atoms with Gasteiger partial charge in [0.15, 0.2) is 0 Å². The summed E-state index contributed by atoms with van der Waals surface area (Å²) in [4.78, 5) is 24.3. The molecule has 1 N–H and O–H groups in total. The molecule has 100 valence electrons. The average Bonchev–Trinajstić information content (AvgIpc) is 3.10. The molecule has 0 spiro atoms. The van der Waals surface area contributed by atoms with Crippen LogP contribution in [0.3, 0.4) is 0 Å². The molecule has 1 saturated heterocycles. The smallest absolute Gasteiger partial charge is 0.227 e. The number of carbonyl (C=O) groups is 2. The molecule has 2 aliphatic heterocycles. The van der Waals surface area contributed by atoms with Crippen LogP contribution in [0.2, 0.25) is 0 Å². The molecule has 6 heteroatoms. The lowest BCUT2D eigenvalue weighted by Gasteiger charge is -2.24. The monoisotopic (exact) mass is 278 g/mol. The minimum Gasteiger partial charge on any atom is -0.550 e. The molecule has 5 nitrogen and oxygen atoms in total. The molecule has 1 aromatic rings. The van der Waals surface area contributed by atoms with Crippen LogP contribution < -0.4 is 10.4 Å². The number of carbonyl (C=O) groups excluding carboxylic acids is 2. The van der Waals surface area contributed by atoms with Crippen LogP contribution in [0.5, 0.6) is 0 Å². The van der Waals surface area contributed by atoms with E-state index in [9.17, 15) is 14.7 Å². The fourth-order valence-electron chi connectivity index (χ4n) is 2.61. The molecule has 1 amide bonds. The Bertz CT molecular complexity index is 525. The van der Waals surface area contributed by atoms with Gasteiger partial charge in [0.05, 0.1) is 24.7 Å². The highest BCUT2D eigenvalue weighted by molar-refractivity contribution is 7.09. The summed E-state index contributed by atoms with van der Waals surface area (Å²) in [7, 11) is 0. The van der Waals surface area contributed by atoms with Gasteiger partial charge in [-0.15, -0.1) is 11.3 Å². The fraction of sp³-hybridized carbons (Fsp3) is 0.385. The van der Waals surface area contributed by atoms with Gasteiger partial charge in [0.25, 0.3) is 0 Å². The van der Waals surface area contributed by atoms with E-state index < -0.39 is 30.0 Å². The van der Waals surface area contributed by atoms with Gasteiger partial charge in [0.2, 0.25) is 5.91 Å². The van der Waals surface area contributed by atoms with Crippen molar-refractivity contribution in [3.05, 3.63) is 34.5 Å². The van der Waals surface area contributed by atoms with E-state index in [-0.39, 0.29) is 5.91 Å². The number of fused-ring (bicyclic) bond motifs is 2. The van der Waals surface area contributed by atoms with Crippen molar-refractivity contribution in [3.8, 4) is 0 Å². The maximum atomic E-state index is 12.1. The highest BCUT2D eigenvalue weighted by atomic mass is 32.1. The molecule has 1 aromatic heterocycles. The van der Waals surface area contributed by atoms with Gasteiger partial charge in [-0.2, -0.15) is 0 Å². The van der Waals surface area contributed by atoms with Crippen LogP contribution in [0.15, 0.2) is 29.7 Å². The normalized spacial score (nSPS) is 31.6. The van der Waals surface area contributed by atoms with Crippen molar-refractivity contribution in [2.24, 2.45) is 11.8 Å². The van der Waals surface area contributed by atoms with E-state index in [4.69, 9.17) is 4.74 Å². The van der Waals surface area contributed by atoms with Gasteiger partial charge in [0.1, 0.15) is 0 Å². The minimum absolute atomic E-state index is 0.292. The largest absolute Gasteiger partial charge is 0.550 e. The first-order valence-electron chi connectivity index (χ1n) is 6.01. The number of aliphatic carboxylic acids is 1. The Labute approximate surface area is 113 Å². The Morgan fingerprint density at radius 3 is 2.68 bits per heavy atom. The van der Waals surface area contributed by atoms with Gasteiger partial charge in [0, 0.05) is 16.8 Å².